The van der Waals surface area contributed by atoms with Crippen molar-refractivity contribution in [3.8, 4) is 0 Å². The Morgan fingerprint density at radius 2 is 2.40 bits per heavy atom. The molecule has 1 N–H and O–H groups in total. The van der Waals surface area contributed by atoms with Gasteiger partial charge in [-0.15, -0.1) is 11.6 Å². The first kappa shape index (κ1) is 13.7. The minimum Gasteiger partial charge on any atom is -0.362 e. The van der Waals surface area contributed by atoms with E-state index in [2.05, 4.69) is 28.4 Å². The van der Waals surface area contributed by atoms with E-state index in [1.807, 2.05) is 17.6 Å². The molecule has 1 fully saturated rings. The van der Waals surface area contributed by atoms with Crippen LogP contribution in [-0.2, 0) is 0 Å². The van der Waals surface area contributed by atoms with Gasteiger partial charge in [-0.3, -0.25) is 0 Å². The fourth-order valence-electron chi connectivity index (χ4n) is 3.32. The number of halogens is 1. The molecular weight excluding hydrogens is 272 g/mol. The summed E-state index contributed by atoms with van der Waals surface area (Å²) in [6.45, 7) is 4.30. The summed E-state index contributed by atoms with van der Waals surface area (Å²) in [4.78, 5) is 4.50. The van der Waals surface area contributed by atoms with Crippen molar-refractivity contribution < 1.29 is 0 Å². The van der Waals surface area contributed by atoms with E-state index >= 15 is 0 Å². The fourth-order valence-corrected chi connectivity index (χ4v) is 3.63. The summed E-state index contributed by atoms with van der Waals surface area (Å²) in [6, 6.07) is 2.06. The van der Waals surface area contributed by atoms with Crippen LogP contribution in [0.5, 0.6) is 0 Å². The molecular formula is C15H21ClN4. The molecule has 0 saturated heterocycles. The number of aryl methyl sites for hydroxylation is 1. The lowest BCUT2D eigenvalue weighted by atomic mass is 9.77. The van der Waals surface area contributed by atoms with E-state index in [-0.39, 0.29) is 5.54 Å². The van der Waals surface area contributed by atoms with Crippen LogP contribution in [-0.4, -0.2) is 26.0 Å². The Bertz CT molecular complexity index is 609. The van der Waals surface area contributed by atoms with Crippen molar-refractivity contribution in [2.45, 2.75) is 45.1 Å². The average molecular weight is 293 g/mol. The first-order chi connectivity index (χ1) is 9.62. The number of hydrogen-bond acceptors (Lipinski definition) is 3. The molecule has 0 radical (unpaired) electrons. The Kier molecular flexibility index (Phi) is 3.59. The molecule has 4 nitrogen and oxygen atoms in total. The number of rotatable bonds is 3. The summed E-state index contributed by atoms with van der Waals surface area (Å²) in [5.41, 5.74) is 1.98. The lowest BCUT2D eigenvalue weighted by Crippen LogP contribution is -2.44. The highest BCUT2D eigenvalue weighted by atomic mass is 35.5. The van der Waals surface area contributed by atoms with Crippen LogP contribution in [0, 0.1) is 12.8 Å². The minimum absolute atomic E-state index is 0.0355. The maximum atomic E-state index is 6.30. The second kappa shape index (κ2) is 5.24. The van der Waals surface area contributed by atoms with Gasteiger partial charge in [-0.2, -0.15) is 5.10 Å². The largest absolute Gasteiger partial charge is 0.362 e. The molecule has 2 aromatic rings. The van der Waals surface area contributed by atoms with Crippen LogP contribution in [0.1, 0.15) is 38.3 Å². The van der Waals surface area contributed by atoms with E-state index in [4.69, 9.17) is 11.6 Å². The Morgan fingerprint density at radius 3 is 3.15 bits per heavy atom. The molecule has 20 heavy (non-hydrogen) atoms. The molecule has 5 heteroatoms. The van der Waals surface area contributed by atoms with Crippen LogP contribution in [0.2, 0.25) is 0 Å². The molecule has 2 heterocycles. The summed E-state index contributed by atoms with van der Waals surface area (Å²) in [5.74, 6) is 2.22. The van der Waals surface area contributed by atoms with Crippen molar-refractivity contribution in [1.29, 1.82) is 0 Å². The van der Waals surface area contributed by atoms with Crippen LogP contribution in [0.4, 0.5) is 5.82 Å². The van der Waals surface area contributed by atoms with Crippen LogP contribution in [0.3, 0.4) is 0 Å². The summed E-state index contributed by atoms with van der Waals surface area (Å²) in [5, 5.41) is 8.06. The topological polar surface area (TPSA) is 42.2 Å². The first-order valence-corrected chi connectivity index (χ1v) is 7.80. The predicted molar refractivity (Wildman–Crippen MR) is 82.4 cm³/mol. The summed E-state index contributed by atoms with van der Waals surface area (Å²) in [6.07, 6.45) is 8.40. The second-order valence-corrected chi connectivity index (χ2v) is 6.40. The fraction of sp³-hybridized carbons (Fsp3) is 0.600. The van der Waals surface area contributed by atoms with E-state index in [9.17, 15) is 0 Å². The van der Waals surface area contributed by atoms with E-state index < -0.39 is 0 Å². The molecule has 0 bridgehead atoms. The summed E-state index contributed by atoms with van der Waals surface area (Å²) < 4.78 is 1.87. The Morgan fingerprint density at radius 1 is 1.55 bits per heavy atom. The predicted octanol–water partition coefficient (Wildman–Crippen LogP) is 3.64. The smallest absolute Gasteiger partial charge is 0.152 e. The lowest BCUT2D eigenvalue weighted by Gasteiger charge is -2.39. The van der Waals surface area contributed by atoms with Gasteiger partial charge < -0.3 is 5.32 Å². The zero-order valence-electron chi connectivity index (χ0n) is 12.1. The normalized spacial score (nSPS) is 26.9. The van der Waals surface area contributed by atoms with Crippen molar-refractivity contribution in [2.75, 3.05) is 11.2 Å². The summed E-state index contributed by atoms with van der Waals surface area (Å²) in [7, 11) is 0. The molecule has 1 aliphatic rings. The minimum atomic E-state index is -0.0355. The number of aromatic nitrogens is 3. The van der Waals surface area contributed by atoms with Crippen LogP contribution in [0.15, 0.2) is 18.5 Å². The van der Waals surface area contributed by atoms with Crippen molar-refractivity contribution in [3.05, 3.63) is 24.2 Å². The Balaban J connectivity index is 1.94. The molecule has 1 saturated carbocycles. The van der Waals surface area contributed by atoms with Gasteiger partial charge in [-0.1, -0.05) is 19.8 Å². The molecule has 2 atom stereocenters. The van der Waals surface area contributed by atoms with E-state index in [0.29, 0.717) is 11.8 Å². The van der Waals surface area contributed by atoms with Gasteiger partial charge in [0.2, 0.25) is 0 Å². The maximum absolute atomic E-state index is 6.30. The number of fused-ring (bicyclic) bond motifs is 1. The van der Waals surface area contributed by atoms with Crippen LogP contribution >= 0.6 is 11.6 Å². The molecule has 0 spiro atoms. The molecule has 3 rings (SSSR count). The Labute approximate surface area is 124 Å². The number of anilines is 1. The van der Waals surface area contributed by atoms with Gasteiger partial charge in [0.15, 0.2) is 5.82 Å². The van der Waals surface area contributed by atoms with Gasteiger partial charge >= 0.3 is 0 Å². The molecule has 0 amide bonds. The summed E-state index contributed by atoms with van der Waals surface area (Å²) >= 11 is 6.30. The highest BCUT2D eigenvalue weighted by molar-refractivity contribution is 6.18. The number of alkyl halides is 1. The molecule has 2 unspecified atom stereocenters. The zero-order valence-corrected chi connectivity index (χ0v) is 12.8. The van der Waals surface area contributed by atoms with Crippen LogP contribution in [0.25, 0.3) is 5.52 Å². The number of nitrogens with zero attached hydrogens (tertiary/aromatic N) is 3. The third-order valence-corrected chi connectivity index (χ3v) is 4.75. The first-order valence-electron chi connectivity index (χ1n) is 7.27. The third kappa shape index (κ3) is 2.49. The zero-order chi connectivity index (χ0) is 14.2. The maximum Gasteiger partial charge on any atom is 0.152 e. The van der Waals surface area contributed by atoms with Gasteiger partial charge in [0.25, 0.3) is 0 Å². The Hall–Kier alpha value is -1.29. The van der Waals surface area contributed by atoms with Gasteiger partial charge in [0.1, 0.15) is 5.52 Å². The van der Waals surface area contributed by atoms with Crippen molar-refractivity contribution in [2.24, 2.45) is 5.92 Å². The molecule has 2 aromatic heterocycles. The van der Waals surface area contributed by atoms with Gasteiger partial charge in [0, 0.05) is 18.3 Å². The van der Waals surface area contributed by atoms with E-state index in [1.165, 1.54) is 12.8 Å². The van der Waals surface area contributed by atoms with Gasteiger partial charge in [-0.05, 0) is 31.7 Å². The monoisotopic (exact) mass is 292 g/mol. The quantitative estimate of drug-likeness (QED) is 0.878. The second-order valence-electron chi connectivity index (χ2n) is 6.13. The molecule has 1 aliphatic carbocycles. The number of hydrogen-bond donors (Lipinski definition) is 1. The van der Waals surface area contributed by atoms with Crippen molar-refractivity contribution >= 4 is 22.9 Å². The van der Waals surface area contributed by atoms with E-state index in [0.717, 1.165) is 29.9 Å². The van der Waals surface area contributed by atoms with Crippen molar-refractivity contribution in [3.63, 3.8) is 0 Å². The molecule has 0 aliphatic heterocycles. The van der Waals surface area contributed by atoms with Crippen molar-refractivity contribution in [1.82, 2.24) is 14.6 Å². The van der Waals surface area contributed by atoms with Crippen LogP contribution < -0.4 is 5.32 Å². The standard InChI is InChI=1S/C15H21ClN4/c1-11-4-3-5-15(9-11,10-16)18-14-13-8-12(2)19-20(13)7-6-17-14/h6-8,11H,3-5,9-10H2,1-2H3,(H,17,18). The van der Waals surface area contributed by atoms with Gasteiger partial charge in [-0.25, -0.2) is 9.50 Å². The third-order valence-electron chi connectivity index (χ3n) is 4.24. The highest BCUT2D eigenvalue weighted by Crippen LogP contribution is 2.36. The SMILES string of the molecule is Cc1cc2c(NC3(CCl)CCCC(C)C3)nccn2n1. The lowest BCUT2D eigenvalue weighted by molar-refractivity contribution is 0.279. The average Bonchev–Trinajstić information content (AvgIpc) is 2.80. The van der Waals surface area contributed by atoms with E-state index in [1.54, 1.807) is 6.20 Å². The molecule has 108 valence electrons. The molecule has 0 aromatic carbocycles. The highest BCUT2D eigenvalue weighted by Gasteiger charge is 2.34. The van der Waals surface area contributed by atoms with Gasteiger partial charge in [0.05, 0.1) is 11.2 Å². The number of nitrogens with one attached hydrogen (secondary N) is 1.